The second-order valence-corrected chi connectivity index (χ2v) is 5.39. The van der Waals surface area contributed by atoms with Gasteiger partial charge in [-0.15, -0.1) is 0 Å². The fourth-order valence-corrected chi connectivity index (χ4v) is 2.74. The second-order valence-electron chi connectivity index (χ2n) is 5.39. The fraction of sp³-hybridized carbons (Fsp3) is 0.500. The summed E-state index contributed by atoms with van der Waals surface area (Å²) in [4.78, 5) is 13.4. The van der Waals surface area contributed by atoms with Crippen molar-refractivity contribution in [1.82, 2.24) is 10.2 Å². The zero-order valence-corrected chi connectivity index (χ0v) is 12.6. The lowest BCUT2D eigenvalue weighted by Gasteiger charge is -2.32. The molecule has 1 heterocycles. The van der Waals surface area contributed by atoms with Crippen LogP contribution in [-0.4, -0.2) is 37.0 Å². The summed E-state index contributed by atoms with van der Waals surface area (Å²) in [7, 11) is 1.65. The van der Waals surface area contributed by atoms with Gasteiger partial charge in [0.1, 0.15) is 5.75 Å². The number of carbonyl (C=O) groups excluding carboxylic acids is 1. The van der Waals surface area contributed by atoms with E-state index >= 15 is 0 Å². The molecule has 0 radical (unpaired) electrons. The molecule has 1 fully saturated rings. The van der Waals surface area contributed by atoms with Gasteiger partial charge in [0, 0.05) is 38.2 Å². The number of ether oxygens (including phenoxy) is 1. The van der Waals surface area contributed by atoms with E-state index in [-0.39, 0.29) is 11.9 Å². The lowest BCUT2D eigenvalue weighted by atomic mass is 10.0. The number of hydrogen-bond donors (Lipinski definition) is 1. The first kappa shape index (κ1) is 15.3. The van der Waals surface area contributed by atoms with Crippen LogP contribution in [0.4, 0.5) is 0 Å². The summed E-state index contributed by atoms with van der Waals surface area (Å²) in [6.45, 7) is 4.20. The SMILES string of the molecule is COc1ccc(C#N)cc1CN1CCC(NC(C)=O)CC1. The molecule has 0 unspecified atom stereocenters. The van der Waals surface area contributed by atoms with Crippen molar-refractivity contribution in [3.8, 4) is 11.8 Å². The minimum absolute atomic E-state index is 0.0387. The third-order valence-corrected chi connectivity index (χ3v) is 3.80. The standard InChI is InChI=1S/C16H21N3O2/c1-12(20)18-15-5-7-19(8-6-15)11-14-9-13(10-17)3-4-16(14)21-2/h3-4,9,15H,5-8,11H2,1-2H3,(H,18,20). The van der Waals surface area contributed by atoms with Gasteiger partial charge in [0.2, 0.25) is 5.91 Å². The van der Waals surface area contributed by atoms with E-state index < -0.39 is 0 Å². The number of rotatable bonds is 4. The summed E-state index contributed by atoms with van der Waals surface area (Å²) >= 11 is 0. The van der Waals surface area contributed by atoms with Gasteiger partial charge < -0.3 is 10.1 Å². The van der Waals surface area contributed by atoms with Crippen LogP contribution < -0.4 is 10.1 Å². The van der Waals surface area contributed by atoms with Crippen LogP contribution in [-0.2, 0) is 11.3 Å². The van der Waals surface area contributed by atoms with Crippen LogP contribution in [0.1, 0.15) is 30.9 Å². The molecule has 0 atom stereocenters. The normalized spacial score (nSPS) is 16.2. The quantitative estimate of drug-likeness (QED) is 0.915. The number of hydrogen-bond acceptors (Lipinski definition) is 4. The molecule has 2 rings (SSSR count). The Balaban J connectivity index is 1.97. The maximum absolute atomic E-state index is 11.1. The molecule has 1 aliphatic heterocycles. The molecule has 0 bridgehead atoms. The Labute approximate surface area is 125 Å². The lowest BCUT2D eigenvalue weighted by Crippen LogP contribution is -2.43. The first-order valence-corrected chi connectivity index (χ1v) is 7.19. The van der Waals surface area contributed by atoms with E-state index in [1.165, 1.54) is 0 Å². The summed E-state index contributed by atoms with van der Waals surface area (Å²) in [6.07, 6.45) is 1.92. The molecule has 0 aromatic heterocycles. The average molecular weight is 287 g/mol. The molecule has 1 saturated heterocycles. The summed E-state index contributed by atoms with van der Waals surface area (Å²) in [5.41, 5.74) is 1.69. The smallest absolute Gasteiger partial charge is 0.217 e. The van der Waals surface area contributed by atoms with Gasteiger partial charge in [0.15, 0.2) is 0 Å². The first-order chi connectivity index (χ1) is 10.1. The van der Waals surface area contributed by atoms with Gasteiger partial charge in [-0.25, -0.2) is 0 Å². The van der Waals surface area contributed by atoms with Gasteiger partial charge in [0.05, 0.1) is 18.7 Å². The van der Waals surface area contributed by atoms with Crippen molar-refractivity contribution >= 4 is 5.91 Å². The van der Waals surface area contributed by atoms with Crippen LogP contribution in [0.5, 0.6) is 5.75 Å². The van der Waals surface area contributed by atoms with Crippen molar-refractivity contribution in [2.75, 3.05) is 20.2 Å². The number of benzene rings is 1. The van der Waals surface area contributed by atoms with Crippen molar-refractivity contribution in [2.45, 2.75) is 32.4 Å². The van der Waals surface area contributed by atoms with Crippen molar-refractivity contribution in [3.05, 3.63) is 29.3 Å². The largest absolute Gasteiger partial charge is 0.496 e. The number of piperidine rings is 1. The monoisotopic (exact) mass is 287 g/mol. The molecular weight excluding hydrogens is 266 g/mol. The van der Waals surface area contributed by atoms with Crippen molar-refractivity contribution in [2.24, 2.45) is 0 Å². The van der Waals surface area contributed by atoms with E-state index in [0.29, 0.717) is 5.56 Å². The molecule has 0 spiro atoms. The molecule has 0 saturated carbocycles. The predicted octanol–water partition coefficient (Wildman–Crippen LogP) is 1.67. The Morgan fingerprint density at radius 2 is 2.19 bits per heavy atom. The topological polar surface area (TPSA) is 65.4 Å². The third-order valence-electron chi connectivity index (χ3n) is 3.80. The van der Waals surface area contributed by atoms with Gasteiger partial charge in [-0.3, -0.25) is 9.69 Å². The summed E-state index contributed by atoms with van der Waals surface area (Å²) in [6, 6.07) is 7.95. The Bertz CT molecular complexity index is 543. The summed E-state index contributed by atoms with van der Waals surface area (Å²) < 4.78 is 5.37. The van der Waals surface area contributed by atoms with Crippen LogP contribution in [0.3, 0.4) is 0 Å². The second kappa shape index (κ2) is 7.09. The van der Waals surface area contributed by atoms with Crippen molar-refractivity contribution < 1.29 is 9.53 Å². The van der Waals surface area contributed by atoms with Gasteiger partial charge in [-0.05, 0) is 31.0 Å². The number of carbonyl (C=O) groups is 1. The number of nitrogens with zero attached hydrogens (tertiary/aromatic N) is 2. The minimum Gasteiger partial charge on any atom is -0.496 e. The number of nitriles is 1. The van der Waals surface area contributed by atoms with Crippen LogP contribution in [0.15, 0.2) is 18.2 Å². The van der Waals surface area contributed by atoms with E-state index in [0.717, 1.165) is 43.8 Å². The van der Waals surface area contributed by atoms with Crippen LogP contribution in [0.25, 0.3) is 0 Å². The van der Waals surface area contributed by atoms with Crippen LogP contribution >= 0.6 is 0 Å². The average Bonchev–Trinajstić information content (AvgIpc) is 2.48. The number of nitrogens with one attached hydrogen (secondary N) is 1. The van der Waals surface area contributed by atoms with Gasteiger partial charge in [-0.2, -0.15) is 5.26 Å². The number of methoxy groups -OCH3 is 1. The van der Waals surface area contributed by atoms with Gasteiger partial charge >= 0.3 is 0 Å². The Kier molecular flexibility index (Phi) is 5.18. The maximum atomic E-state index is 11.1. The van der Waals surface area contributed by atoms with E-state index in [9.17, 15) is 4.79 Å². The van der Waals surface area contributed by atoms with E-state index in [1.54, 1.807) is 20.1 Å². The third kappa shape index (κ3) is 4.20. The molecule has 1 amide bonds. The summed E-state index contributed by atoms with van der Waals surface area (Å²) in [5.74, 6) is 0.856. The Hall–Kier alpha value is -2.06. The lowest BCUT2D eigenvalue weighted by molar-refractivity contribution is -0.119. The zero-order valence-electron chi connectivity index (χ0n) is 12.6. The van der Waals surface area contributed by atoms with E-state index in [4.69, 9.17) is 10.00 Å². The van der Waals surface area contributed by atoms with Crippen molar-refractivity contribution in [1.29, 1.82) is 5.26 Å². The molecule has 0 aliphatic carbocycles. The molecule has 1 N–H and O–H groups in total. The van der Waals surface area contributed by atoms with E-state index in [1.807, 2.05) is 12.1 Å². The highest BCUT2D eigenvalue weighted by Gasteiger charge is 2.20. The molecule has 21 heavy (non-hydrogen) atoms. The highest BCUT2D eigenvalue weighted by Crippen LogP contribution is 2.23. The highest BCUT2D eigenvalue weighted by atomic mass is 16.5. The predicted molar refractivity (Wildman–Crippen MR) is 79.8 cm³/mol. The Morgan fingerprint density at radius 3 is 2.76 bits per heavy atom. The van der Waals surface area contributed by atoms with Crippen molar-refractivity contribution in [3.63, 3.8) is 0 Å². The van der Waals surface area contributed by atoms with Gasteiger partial charge in [0.25, 0.3) is 0 Å². The Morgan fingerprint density at radius 1 is 1.48 bits per heavy atom. The summed E-state index contributed by atoms with van der Waals surface area (Å²) in [5, 5.41) is 12.0. The molecule has 1 aromatic carbocycles. The molecule has 5 heteroatoms. The van der Waals surface area contributed by atoms with Gasteiger partial charge in [-0.1, -0.05) is 0 Å². The molecule has 5 nitrogen and oxygen atoms in total. The zero-order chi connectivity index (χ0) is 15.2. The molecule has 1 aromatic rings. The van der Waals surface area contributed by atoms with Crippen LogP contribution in [0.2, 0.25) is 0 Å². The van der Waals surface area contributed by atoms with E-state index in [2.05, 4.69) is 16.3 Å². The molecular formula is C16H21N3O2. The highest BCUT2D eigenvalue weighted by molar-refractivity contribution is 5.73. The minimum atomic E-state index is 0.0387. The number of likely N-dealkylation sites (tertiary alicyclic amines) is 1. The first-order valence-electron chi connectivity index (χ1n) is 7.19. The molecule has 112 valence electrons. The number of amides is 1. The fourth-order valence-electron chi connectivity index (χ4n) is 2.74. The van der Waals surface area contributed by atoms with Crippen LogP contribution in [0, 0.1) is 11.3 Å². The maximum Gasteiger partial charge on any atom is 0.217 e. The molecule has 1 aliphatic rings.